The van der Waals surface area contributed by atoms with Crippen molar-refractivity contribution in [2.24, 2.45) is 0 Å². The number of nitrogens with zero attached hydrogens (tertiary/aromatic N) is 3. The van der Waals surface area contributed by atoms with E-state index in [2.05, 4.69) is 26.2 Å². The number of carbonyl (C=O) groups is 1. The second kappa shape index (κ2) is 3.38. The van der Waals surface area contributed by atoms with Crippen molar-refractivity contribution in [3.63, 3.8) is 0 Å². The van der Waals surface area contributed by atoms with Crippen molar-refractivity contribution >= 4 is 32.9 Å². The van der Waals surface area contributed by atoms with Crippen LogP contribution in [-0.4, -0.2) is 26.1 Å². The first-order valence-corrected chi connectivity index (χ1v) is 4.66. The molecule has 14 heavy (non-hydrogen) atoms. The van der Waals surface area contributed by atoms with Gasteiger partial charge in [-0.1, -0.05) is 21.1 Å². The molecular weight excluding hydrogens is 250 g/mol. The minimum absolute atomic E-state index is 0.169. The maximum Gasteiger partial charge on any atom is 0.325 e. The normalized spacial score (nSPS) is 10.6. The lowest BCUT2D eigenvalue weighted by Gasteiger charge is -1.96. The molecule has 5 nitrogen and oxygen atoms in total. The highest BCUT2D eigenvalue weighted by Gasteiger charge is 2.07. The van der Waals surface area contributed by atoms with Crippen LogP contribution in [0.1, 0.15) is 0 Å². The standard InChI is InChI=1S/C8H6BrN3O2/c9-5-1-2-7-6(3-5)10-11-12(7)4-8(13)14/h1-3H,4H2,(H,13,14). The maximum atomic E-state index is 10.5. The first-order chi connectivity index (χ1) is 6.66. The van der Waals surface area contributed by atoms with Crippen LogP contribution in [0.4, 0.5) is 0 Å². The highest BCUT2D eigenvalue weighted by Crippen LogP contribution is 2.17. The van der Waals surface area contributed by atoms with E-state index >= 15 is 0 Å². The molecule has 0 radical (unpaired) electrons. The summed E-state index contributed by atoms with van der Waals surface area (Å²) in [6.45, 7) is -0.169. The van der Waals surface area contributed by atoms with Gasteiger partial charge in [-0.2, -0.15) is 0 Å². The number of carboxylic acids is 1. The number of hydrogen-bond donors (Lipinski definition) is 1. The van der Waals surface area contributed by atoms with Crippen LogP contribution in [-0.2, 0) is 11.3 Å². The summed E-state index contributed by atoms with van der Waals surface area (Å²) in [6.07, 6.45) is 0. The molecule has 0 saturated carbocycles. The third-order valence-electron chi connectivity index (χ3n) is 1.76. The molecule has 0 unspecified atom stereocenters. The van der Waals surface area contributed by atoms with Gasteiger partial charge in [0.15, 0.2) is 0 Å². The molecule has 2 rings (SSSR count). The quantitative estimate of drug-likeness (QED) is 0.878. The number of halogens is 1. The van der Waals surface area contributed by atoms with E-state index in [0.29, 0.717) is 5.52 Å². The van der Waals surface area contributed by atoms with Gasteiger partial charge >= 0.3 is 5.97 Å². The average Bonchev–Trinajstić information content (AvgIpc) is 2.47. The summed E-state index contributed by atoms with van der Waals surface area (Å²) < 4.78 is 2.25. The van der Waals surface area contributed by atoms with Crippen molar-refractivity contribution in [1.82, 2.24) is 15.0 Å². The number of hydrogen-bond acceptors (Lipinski definition) is 3. The topological polar surface area (TPSA) is 68.0 Å². The van der Waals surface area contributed by atoms with E-state index in [1.807, 2.05) is 6.07 Å². The summed E-state index contributed by atoms with van der Waals surface area (Å²) in [5.41, 5.74) is 1.40. The maximum absolute atomic E-state index is 10.5. The number of carboxylic acid groups (broad SMARTS) is 1. The lowest BCUT2D eigenvalue weighted by Crippen LogP contribution is -2.09. The molecule has 0 aliphatic heterocycles. The van der Waals surface area contributed by atoms with Gasteiger partial charge in [0.25, 0.3) is 0 Å². The van der Waals surface area contributed by atoms with Crippen LogP contribution in [0.3, 0.4) is 0 Å². The minimum atomic E-state index is -0.931. The number of benzene rings is 1. The van der Waals surface area contributed by atoms with Gasteiger partial charge in [-0.3, -0.25) is 4.79 Å². The van der Waals surface area contributed by atoms with Gasteiger partial charge < -0.3 is 5.11 Å². The lowest BCUT2D eigenvalue weighted by atomic mass is 10.3. The second-order valence-electron chi connectivity index (χ2n) is 2.77. The van der Waals surface area contributed by atoms with Crippen LogP contribution < -0.4 is 0 Å². The van der Waals surface area contributed by atoms with E-state index in [9.17, 15) is 4.79 Å². The summed E-state index contributed by atoms with van der Waals surface area (Å²) in [5.74, 6) is -0.931. The molecule has 0 amide bonds. The molecule has 2 aromatic rings. The minimum Gasteiger partial charge on any atom is -0.480 e. The van der Waals surface area contributed by atoms with Crippen molar-refractivity contribution in [2.75, 3.05) is 0 Å². The Hall–Kier alpha value is -1.43. The van der Waals surface area contributed by atoms with E-state index in [1.165, 1.54) is 4.68 Å². The molecule has 0 aliphatic carbocycles. The fourth-order valence-corrected chi connectivity index (χ4v) is 1.54. The first-order valence-electron chi connectivity index (χ1n) is 3.87. The number of fused-ring (bicyclic) bond motifs is 1. The summed E-state index contributed by atoms with van der Waals surface area (Å²) in [4.78, 5) is 10.5. The average molecular weight is 256 g/mol. The van der Waals surface area contributed by atoms with Crippen LogP contribution in [0.2, 0.25) is 0 Å². The summed E-state index contributed by atoms with van der Waals surface area (Å²) in [6, 6.07) is 5.40. The Morgan fingerprint density at radius 2 is 2.36 bits per heavy atom. The number of rotatable bonds is 2. The Bertz CT molecular complexity index is 494. The van der Waals surface area contributed by atoms with Crippen LogP contribution in [0, 0.1) is 0 Å². The largest absolute Gasteiger partial charge is 0.480 e. The Labute approximate surface area is 87.5 Å². The fourth-order valence-electron chi connectivity index (χ4n) is 1.19. The van der Waals surface area contributed by atoms with Gasteiger partial charge in [0.05, 0.1) is 5.52 Å². The SMILES string of the molecule is O=C(O)Cn1nnc2cc(Br)ccc21. The Morgan fingerprint density at radius 3 is 3.07 bits per heavy atom. The summed E-state index contributed by atoms with van der Waals surface area (Å²) in [7, 11) is 0. The van der Waals surface area contributed by atoms with E-state index < -0.39 is 5.97 Å². The van der Waals surface area contributed by atoms with Gasteiger partial charge in [0, 0.05) is 4.47 Å². The molecule has 0 bridgehead atoms. The van der Waals surface area contributed by atoms with Crippen molar-refractivity contribution in [2.45, 2.75) is 6.54 Å². The first kappa shape index (κ1) is 9.14. The predicted octanol–water partition coefficient (Wildman–Crippen LogP) is 1.28. The van der Waals surface area contributed by atoms with Crippen molar-refractivity contribution in [3.05, 3.63) is 22.7 Å². The predicted molar refractivity (Wildman–Crippen MR) is 52.9 cm³/mol. The number of aliphatic carboxylic acids is 1. The Morgan fingerprint density at radius 1 is 1.57 bits per heavy atom. The lowest BCUT2D eigenvalue weighted by molar-refractivity contribution is -0.137. The molecule has 0 aliphatic rings. The molecule has 1 heterocycles. The van der Waals surface area contributed by atoms with Crippen molar-refractivity contribution < 1.29 is 9.90 Å². The van der Waals surface area contributed by atoms with Gasteiger partial charge in [-0.05, 0) is 18.2 Å². The highest BCUT2D eigenvalue weighted by atomic mass is 79.9. The van der Waals surface area contributed by atoms with Crippen molar-refractivity contribution in [1.29, 1.82) is 0 Å². The molecule has 1 N–H and O–H groups in total. The zero-order valence-corrected chi connectivity index (χ0v) is 8.60. The smallest absolute Gasteiger partial charge is 0.325 e. The third kappa shape index (κ3) is 1.60. The van der Waals surface area contributed by atoms with Crippen LogP contribution in [0.25, 0.3) is 11.0 Å². The Kier molecular flexibility index (Phi) is 2.20. The van der Waals surface area contributed by atoms with Crippen molar-refractivity contribution in [3.8, 4) is 0 Å². The monoisotopic (exact) mass is 255 g/mol. The number of aromatic nitrogens is 3. The molecule has 0 spiro atoms. The zero-order valence-electron chi connectivity index (χ0n) is 7.01. The zero-order chi connectivity index (χ0) is 10.1. The molecule has 1 aromatic heterocycles. The molecule has 0 fully saturated rings. The molecule has 72 valence electrons. The van der Waals surface area contributed by atoms with E-state index in [0.717, 1.165) is 9.99 Å². The summed E-state index contributed by atoms with van der Waals surface area (Å²) >= 11 is 3.30. The van der Waals surface area contributed by atoms with Crippen LogP contribution in [0.15, 0.2) is 22.7 Å². The van der Waals surface area contributed by atoms with Crippen LogP contribution in [0.5, 0.6) is 0 Å². The van der Waals surface area contributed by atoms with Gasteiger partial charge in [-0.25, -0.2) is 4.68 Å². The molecule has 0 saturated heterocycles. The van der Waals surface area contributed by atoms with Crippen LogP contribution >= 0.6 is 15.9 Å². The molecular formula is C8H6BrN3O2. The van der Waals surface area contributed by atoms with Gasteiger partial charge in [0.2, 0.25) is 0 Å². The highest BCUT2D eigenvalue weighted by molar-refractivity contribution is 9.10. The third-order valence-corrected chi connectivity index (χ3v) is 2.25. The van der Waals surface area contributed by atoms with E-state index in [4.69, 9.17) is 5.11 Å². The molecule has 0 atom stereocenters. The second-order valence-corrected chi connectivity index (χ2v) is 3.69. The summed E-state index contributed by atoms with van der Waals surface area (Å²) in [5, 5.41) is 16.2. The molecule has 1 aromatic carbocycles. The van der Waals surface area contributed by atoms with Gasteiger partial charge in [-0.15, -0.1) is 5.10 Å². The Balaban J connectivity index is 2.52. The van der Waals surface area contributed by atoms with E-state index in [1.54, 1.807) is 12.1 Å². The van der Waals surface area contributed by atoms with Gasteiger partial charge in [0.1, 0.15) is 12.1 Å². The van der Waals surface area contributed by atoms with E-state index in [-0.39, 0.29) is 6.54 Å². The fraction of sp³-hybridized carbons (Fsp3) is 0.125. The molecule has 6 heteroatoms.